The summed E-state index contributed by atoms with van der Waals surface area (Å²) in [5.74, 6) is 0.436. The first kappa shape index (κ1) is 17.8. The maximum absolute atomic E-state index is 12.4. The van der Waals surface area contributed by atoms with E-state index in [4.69, 9.17) is 9.47 Å². The van der Waals surface area contributed by atoms with Gasteiger partial charge in [0.1, 0.15) is 12.4 Å². The number of ether oxygens (including phenoxy) is 2. The van der Waals surface area contributed by atoms with Crippen LogP contribution in [0.1, 0.15) is 56.5 Å². The highest BCUT2D eigenvalue weighted by Gasteiger charge is 2.37. The van der Waals surface area contributed by atoms with Crippen LogP contribution >= 0.6 is 0 Å². The molecule has 2 aromatic rings. The standard InChI is InChI=1S/C21H24N2O4/c1-20(2)8-9-21(3,4)15-11-13(5-6-14(15)20)26-12-16-18(25)23-10-7-17(24)22-19(23)27-16/h5-7,10-11,16H,8-9,12H2,1-4H3/t16-/m0/s1. The van der Waals surface area contributed by atoms with E-state index in [0.717, 1.165) is 12.8 Å². The van der Waals surface area contributed by atoms with Crippen LogP contribution in [0.4, 0.5) is 0 Å². The number of rotatable bonds is 3. The van der Waals surface area contributed by atoms with Crippen LogP contribution in [0.5, 0.6) is 11.8 Å². The van der Waals surface area contributed by atoms with Gasteiger partial charge in [0, 0.05) is 12.3 Å². The summed E-state index contributed by atoms with van der Waals surface area (Å²) in [6.07, 6.45) is 2.86. The van der Waals surface area contributed by atoms with Crippen molar-refractivity contribution in [3.63, 3.8) is 0 Å². The van der Waals surface area contributed by atoms with Crippen molar-refractivity contribution >= 4 is 5.91 Å². The summed E-state index contributed by atoms with van der Waals surface area (Å²) < 4.78 is 12.6. The van der Waals surface area contributed by atoms with Gasteiger partial charge in [-0.2, -0.15) is 4.98 Å². The number of carbonyl (C=O) groups is 1. The Morgan fingerprint density at radius 3 is 2.56 bits per heavy atom. The van der Waals surface area contributed by atoms with E-state index in [1.54, 1.807) is 0 Å². The minimum atomic E-state index is -0.806. The first-order chi connectivity index (χ1) is 12.7. The molecule has 1 aliphatic heterocycles. The lowest BCUT2D eigenvalue weighted by atomic mass is 9.63. The molecule has 1 aliphatic carbocycles. The van der Waals surface area contributed by atoms with E-state index in [9.17, 15) is 9.59 Å². The molecule has 1 aromatic heterocycles. The molecule has 0 fully saturated rings. The van der Waals surface area contributed by atoms with Gasteiger partial charge >= 0.3 is 6.01 Å². The van der Waals surface area contributed by atoms with Crippen molar-refractivity contribution in [3.05, 3.63) is 51.9 Å². The van der Waals surface area contributed by atoms with Crippen LogP contribution in [0.3, 0.4) is 0 Å². The van der Waals surface area contributed by atoms with Crippen molar-refractivity contribution in [2.75, 3.05) is 6.61 Å². The fraction of sp³-hybridized carbons (Fsp3) is 0.476. The van der Waals surface area contributed by atoms with Gasteiger partial charge in [0.15, 0.2) is 0 Å². The Kier molecular flexibility index (Phi) is 3.91. The van der Waals surface area contributed by atoms with E-state index < -0.39 is 11.7 Å². The summed E-state index contributed by atoms with van der Waals surface area (Å²) in [6, 6.07) is 7.44. The highest BCUT2D eigenvalue weighted by Crippen LogP contribution is 2.46. The summed E-state index contributed by atoms with van der Waals surface area (Å²) in [5, 5.41) is 0. The monoisotopic (exact) mass is 368 g/mol. The third kappa shape index (κ3) is 3.03. The topological polar surface area (TPSA) is 70.4 Å². The van der Waals surface area contributed by atoms with Crippen molar-refractivity contribution in [1.29, 1.82) is 0 Å². The van der Waals surface area contributed by atoms with Crippen LogP contribution in [0.2, 0.25) is 0 Å². The molecule has 1 atom stereocenters. The van der Waals surface area contributed by atoms with Crippen molar-refractivity contribution in [2.45, 2.75) is 57.5 Å². The Balaban J connectivity index is 1.53. The first-order valence-corrected chi connectivity index (χ1v) is 9.26. The largest absolute Gasteiger partial charge is 0.489 e. The van der Waals surface area contributed by atoms with Gasteiger partial charge in [-0.15, -0.1) is 0 Å². The first-order valence-electron chi connectivity index (χ1n) is 9.26. The minimum absolute atomic E-state index is 0.0226. The van der Waals surface area contributed by atoms with Gasteiger partial charge in [0.2, 0.25) is 6.10 Å². The number of hydrogen-bond donors (Lipinski definition) is 0. The van der Waals surface area contributed by atoms with E-state index in [-0.39, 0.29) is 29.4 Å². The molecule has 2 aliphatic rings. The zero-order chi connectivity index (χ0) is 19.4. The molecule has 6 heteroatoms. The average Bonchev–Trinajstić information content (AvgIpc) is 2.92. The molecule has 142 valence electrons. The average molecular weight is 368 g/mol. The van der Waals surface area contributed by atoms with Gasteiger partial charge in [-0.05, 0) is 46.9 Å². The van der Waals surface area contributed by atoms with Crippen LogP contribution in [-0.2, 0) is 10.8 Å². The van der Waals surface area contributed by atoms with Gasteiger partial charge in [-0.25, -0.2) is 4.57 Å². The summed E-state index contributed by atoms with van der Waals surface area (Å²) in [7, 11) is 0. The van der Waals surface area contributed by atoms with E-state index in [1.165, 1.54) is 28.0 Å². The highest BCUT2D eigenvalue weighted by molar-refractivity contribution is 5.86. The molecule has 0 saturated heterocycles. The van der Waals surface area contributed by atoms with Crippen molar-refractivity contribution in [3.8, 4) is 11.8 Å². The van der Waals surface area contributed by atoms with E-state index in [0.29, 0.717) is 5.75 Å². The van der Waals surface area contributed by atoms with E-state index in [2.05, 4.69) is 44.8 Å². The maximum Gasteiger partial charge on any atom is 0.307 e. The number of carbonyl (C=O) groups excluding carboxylic acids is 1. The van der Waals surface area contributed by atoms with Crippen molar-refractivity contribution in [1.82, 2.24) is 9.55 Å². The molecule has 0 bridgehead atoms. The molecule has 1 aromatic carbocycles. The third-order valence-corrected chi connectivity index (χ3v) is 5.76. The zero-order valence-electron chi connectivity index (χ0n) is 16.1. The number of aromatic nitrogens is 2. The van der Waals surface area contributed by atoms with Crippen LogP contribution in [0.25, 0.3) is 0 Å². The van der Waals surface area contributed by atoms with Gasteiger partial charge in [-0.1, -0.05) is 33.8 Å². The Morgan fingerprint density at radius 2 is 1.81 bits per heavy atom. The second kappa shape index (κ2) is 5.94. The number of benzene rings is 1. The number of nitrogens with zero attached hydrogens (tertiary/aromatic N) is 2. The Hall–Kier alpha value is -2.63. The molecule has 0 N–H and O–H groups in total. The summed E-state index contributed by atoms with van der Waals surface area (Å²) >= 11 is 0. The fourth-order valence-electron chi connectivity index (χ4n) is 3.91. The molecule has 6 nitrogen and oxygen atoms in total. The molecule has 0 radical (unpaired) electrons. The van der Waals surface area contributed by atoms with Crippen LogP contribution in [0.15, 0.2) is 35.3 Å². The second-order valence-corrected chi connectivity index (χ2v) is 8.65. The van der Waals surface area contributed by atoms with Crippen molar-refractivity contribution in [2.24, 2.45) is 0 Å². The number of fused-ring (bicyclic) bond motifs is 2. The number of hydrogen-bond acceptors (Lipinski definition) is 5. The van der Waals surface area contributed by atoms with Gasteiger partial charge < -0.3 is 9.47 Å². The van der Waals surface area contributed by atoms with Gasteiger partial charge in [-0.3, -0.25) is 9.59 Å². The molecule has 0 saturated carbocycles. The minimum Gasteiger partial charge on any atom is -0.489 e. The lowest BCUT2D eigenvalue weighted by Crippen LogP contribution is -2.34. The van der Waals surface area contributed by atoms with Crippen molar-refractivity contribution < 1.29 is 14.3 Å². The fourth-order valence-corrected chi connectivity index (χ4v) is 3.91. The van der Waals surface area contributed by atoms with E-state index >= 15 is 0 Å². The molecule has 4 rings (SSSR count). The molecule has 27 heavy (non-hydrogen) atoms. The smallest absolute Gasteiger partial charge is 0.307 e. The second-order valence-electron chi connectivity index (χ2n) is 8.65. The zero-order valence-corrected chi connectivity index (χ0v) is 16.1. The lowest BCUT2D eigenvalue weighted by molar-refractivity contribution is 0.0726. The Bertz CT molecular complexity index is 974. The van der Waals surface area contributed by atoms with E-state index in [1.807, 2.05) is 6.07 Å². The van der Waals surface area contributed by atoms with Gasteiger partial charge in [0.05, 0.1) is 0 Å². The predicted molar refractivity (Wildman–Crippen MR) is 101 cm³/mol. The Morgan fingerprint density at radius 1 is 1.11 bits per heavy atom. The summed E-state index contributed by atoms with van der Waals surface area (Å²) in [4.78, 5) is 27.4. The van der Waals surface area contributed by atoms with Gasteiger partial charge in [0.25, 0.3) is 11.5 Å². The van der Waals surface area contributed by atoms with Crippen LogP contribution in [0, 0.1) is 0 Å². The molecule has 0 amide bonds. The highest BCUT2D eigenvalue weighted by atomic mass is 16.6. The third-order valence-electron chi connectivity index (χ3n) is 5.76. The molecular weight excluding hydrogens is 344 g/mol. The van der Waals surface area contributed by atoms with Crippen LogP contribution < -0.4 is 15.0 Å². The molecular formula is C21H24N2O4. The maximum atomic E-state index is 12.4. The lowest BCUT2D eigenvalue weighted by Gasteiger charge is -2.41. The molecule has 2 heterocycles. The van der Waals surface area contributed by atoms with Crippen LogP contribution in [-0.4, -0.2) is 28.2 Å². The predicted octanol–water partition coefficient (Wildman–Crippen LogP) is 3.07. The quantitative estimate of drug-likeness (QED) is 0.833. The summed E-state index contributed by atoms with van der Waals surface area (Å²) in [5.41, 5.74) is 2.45. The SMILES string of the molecule is CC1(C)CCC(C)(C)c2cc(OC[C@@H]3Oc4nc(=O)ccn4C3=O)ccc21. The summed E-state index contributed by atoms with van der Waals surface area (Å²) in [6.45, 7) is 9.14. The Labute approximate surface area is 158 Å². The molecule has 0 unspecified atom stereocenters. The molecule has 0 spiro atoms. The normalized spacial score (nSPS) is 21.9.